The van der Waals surface area contributed by atoms with Crippen molar-refractivity contribution in [3.63, 3.8) is 0 Å². The lowest BCUT2D eigenvalue weighted by atomic mass is 10.0. The standard InChI is InChI=1S/C36H40ClN3O6S/c1-5-20-38-36(42)33(22-27-10-7-6-8-11-27)39(24-28-12-9-13-29(37)21-28)35(41)25-40(32-23-30(45-3)16-19-34(32)46-4)47(43,44)31-17-14-26(2)15-18-31/h6-19,21,23,33H,5,20,22,24-25H2,1-4H3,(H,38,42)/t33-/m0/s1. The number of amides is 2. The van der Waals surface area contributed by atoms with Crippen LogP contribution in [0.5, 0.6) is 11.5 Å². The fourth-order valence-corrected chi connectivity index (χ4v) is 6.72. The second-order valence-corrected chi connectivity index (χ2v) is 13.3. The molecule has 248 valence electrons. The van der Waals surface area contributed by atoms with E-state index in [9.17, 15) is 18.0 Å². The lowest BCUT2D eigenvalue weighted by Gasteiger charge is -2.34. The summed E-state index contributed by atoms with van der Waals surface area (Å²) >= 11 is 6.32. The first-order valence-corrected chi connectivity index (χ1v) is 17.1. The summed E-state index contributed by atoms with van der Waals surface area (Å²) in [7, 11) is -1.44. The van der Waals surface area contributed by atoms with Crippen LogP contribution in [0.4, 0.5) is 5.69 Å². The number of carbonyl (C=O) groups excluding carboxylic acids is 2. The van der Waals surface area contributed by atoms with Crippen molar-refractivity contribution in [3.8, 4) is 11.5 Å². The molecule has 0 unspecified atom stereocenters. The molecule has 0 aromatic heterocycles. The van der Waals surface area contributed by atoms with Crippen LogP contribution in [0.15, 0.2) is 102 Å². The van der Waals surface area contributed by atoms with E-state index in [-0.39, 0.29) is 35.2 Å². The summed E-state index contributed by atoms with van der Waals surface area (Å²) < 4.78 is 40.7. The predicted molar refractivity (Wildman–Crippen MR) is 184 cm³/mol. The highest BCUT2D eigenvalue weighted by molar-refractivity contribution is 7.92. The molecule has 0 fully saturated rings. The fourth-order valence-electron chi connectivity index (χ4n) is 5.09. The summed E-state index contributed by atoms with van der Waals surface area (Å²) in [6.07, 6.45) is 0.903. The highest BCUT2D eigenvalue weighted by Gasteiger charge is 2.35. The molecule has 9 nitrogen and oxygen atoms in total. The quantitative estimate of drug-likeness (QED) is 0.165. The van der Waals surface area contributed by atoms with Crippen molar-refractivity contribution in [2.45, 2.75) is 44.2 Å². The summed E-state index contributed by atoms with van der Waals surface area (Å²) in [6.45, 7) is 3.58. The number of sulfonamides is 1. The number of rotatable bonds is 15. The van der Waals surface area contributed by atoms with Crippen molar-refractivity contribution in [2.75, 3.05) is 31.6 Å². The minimum atomic E-state index is -4.33. The molecule has 11 heteroatoms. The molecule has 47 heavy (non-hydrogen) atoms. The minimum Gasteiger partial charge on any atom is -0.497 e. The third-order valence-electron chi connectivity index (χ3n) is 7.60. The maximum Gasteiger partial charge on any atom is 0.264 e. The van der Waals surface area contributed by atoms with E-state index in [0.717, 1.165) is 15.4 Å². The molecule has 4 aromatic carbocycles. The summed E-state index contributed by atoms with van der Waals surface area (Å²) in [5.41, 5.74) is 2.50. The number of methoxy groups -OCH3 is 2. The molecule has 2 amide bonds. The van der Waals surface area contributed by atoms with Gasteiger partial charge in [-0.3, -0.25) is 13.9 Å². The van der Waals surface area contributed by atoms with Gasteiger partial charge in [0.05, 0.1) is 24.8 Å². The molecule has 0 radical (unpaired) electrons. The number of hydrogen-bond donors (Lipinski definition) is 1. The number of hydrogen-bond acceptors (Lipinski definition) is 6. The Morgan fingerprint density at radius 1 is 0.872 bits per heavy atom. The maximum atomic E-state index is 14.6. The Balaban J connectivity index is 1.86. The predicted octanol–water partition coefficient (Wildman–Crippen LogP) is 6.03. The van der Waals surface area contributed by atoms with Crippen LogP contribution in [0.25, 0.3) is 0 Å². The summed E-state index contributed by atoms with van der Waals surface area (Å²) in [5, 5.41) is 3.40. The van der Waals surface area contributed by atoms with Gasteiger partial charge in [-0.15, -0.1) is 0 Å². The molecule has 0 saturated heterocycles. The summed E-state index contributed by atoms with van der Waals surface area (Å²) in [4.78, 5) is 29.9. The number of benzene rings is 4. The number of ether oxygens (including phenoxy) is 2. The molecule has 0 bridgehead atoms. The van der Waals surface area contributed by atoms with E-state index < -0.39 is 28.5 Å². The molecule has 0 aliphatic heterocycles. The SMILES string of the molecule is CCCNC(=O)[C@H](Cc1ccccc1)N(Cc1cccc(Cl)c1)C(=O)CN(c1cc(OC)ccc1OC)S(=O)(=O)c1ccc(C)cc1. The van der Waals surface area contributed by atoms with E-state index in [4.69, 9.17) is 21.1 Å². The zero-order valence-electron chi connectivity index (χ0n) is 27.0. The number of nitrogens with one attached hydrogen (secondary N) is 1. The third kappa shape index (κ3) is 9.05. The topological polar surface area (TPSA) is 105 Å². The van der Waals surface area contributed by atoms with Crippen LogP contribution in [-0.2, 0) is 32.6 Å². The van der Waals surface area contributed by atoms with Crippen LogP contribution in [-0.4, -0.2) is 58.5 Å². The van der Waals surface area contributed by atoms with E-state index in [1.807, 2.05) is 50.2 Å². The molecule has 0 spiro atoms. The van der Waals surface area contributed by atoms with Crippen LogP contribution in [0.3, 0.4) is 0 Å². The van der Waals surface area contributed by atoms with Crippen LogP contribution < -0.4 is 19.1 Å². The highest BCUT2D eigenvalue weighted by atomic mass is 35.5. The van der Waals surface area contributed by atoms with E-state index >= 15 is 0 Å². The molecule has 0 aliphatic carbocycles. The zero-order chi connectivity index (χ0) is 34.0. The Morgan fingerprint density at radius 2 is 1.57 bits per heavy atom. The first-order chi connectivity index (χ1) is 22.6. The summed E-state index contributed by atoms with van der Waals surface area (Å²) in [5.74, 6) is -0.359. The first kappa shape index (κ1) is 35.3. The molecule has 1 atom stereocenters. The lowest BCUT2D eigenvalue weighted by molar-refractivity contribution is -0.140. The summed E-state index contributed by atoms with van der Waals surface area (Å²) in [6, 6.07) is 26.5. The average molecular weight is 678 g/mol. The molecular weight excluding hydrogens is 638 g/mol. The van der Waals surface area contributed by atoms with Crippen molar-refractivity contribution in [1.82, 2.24) is 10.2 Å². The molecule has 4 aromatic rings. The number of carbonyl (C=O) groups is 2. The van der Waals surface area contributed by atoms with Gasteiger partial charge in [-0.1, -0.05) is 78.7 Å². The van der Waals surface area contributed by atoms with Crippen LogP contribution in [0.2, 0.25) is 5.02 Å². The van der Waals surface area contributed by atoms with Crippen LogP contribution >= 0.6 is 11.6 Å². The molecule has 4 rings (SSSR count). The Bertz CT molecular complexity index is 1770. The van der Waals surface area contributed by atoms with Gasteiger partial charge in [-0.25, -0.2) is 8.42 Å². The minimum absolute atomic E-state index is 0.00407. The maximum absolute atomic E-state index is 14.6. The van der Waals surface area contributed by atoms with Crippen LogP contribution in [0.1, 0.15) is 30.0 Å². The third-order valence-corrected chi connectivity index (χ3v) is 9.61. The molecular formula is C36H40ClN3O6S. The van der Waals surface area contributed by atoms with Gasteiger partial charge in [0.2, 0.25) is 11.8 Å². The van der Waals surface area contributed by atoms with Crippen molar-refractivity contribution < 1.29 is 27.5 Å². The number of aryl methyl sites for hydroxylation is 1. The van der Waals surface area contributed by atoms with Gasteiger partial charge in [0.25, 0.3) is 10.0 Å². The molecule has 0 saturated carbocycles. The monoisotopic (exact) mass is 677 g/mol. The number of anilines is 1. The molecule has 1 N–H and O–H groups in total. The zero-order valence-corrected chi connectivity index (χ0v) is 28.6. The van der Waals surface area contributed by atoms with Gasteiger partial charge in [0, 0.05) is 30.6 Å². The lowest BCUT2D eigenvalue weighted by Crippen LogP contribution is -2.53. The van der Waals surface area contributed by atoms with E-state index in [1.54, 1.807) is 42.5 Å². The van der Waals surface area contributed by atoms with E-state index in [0.29, 0.717) is 29.3 Å². The van der Waals surface area contributed by atoms with Crippen LogP contribution in [0, 0.1) is 6.92 Å². The second-order valence-electron chi connectivity index (χ2n) is 11.0. The van der Waals surface area contributed by atoms with Gasteiger partial charge < -0.3 is 19.7 Å². The number of nitrogens with zero attached hydrogens (tertiary/aromatic N) is 2. The van der Waals surface area contributed by atoms with Crippen molar-refractivity contribution in [3.05, 3.63) is 119 Å². The molecule has 0 heterocycles. The Labute approximate surface area is 282 Å². The highest BCUT2D eigenvalue weighted by Crippen LogP contribution is 2.36. The van der Waals surface area contributed by atoms with Gasteiger partial charge in [0.15, 0.2) is 0 Å². The Kier molecular flexibility index (Phi) is 12.3. The molecule has 0 aliphatic rings. The normalized spacial score (nSPS) is 11.8. The van der Waals surface area contributed by atoms with Gasteiger partial charge in [0.1, 0.15) is 24.1 Å². The van der Waals surface area contributed by atoms with E-state index in [2.05, 4.69) is 5.32 Å². The van der Waals surface area contributed by atoms with Gasteiger partial charge in [-0.2, -0.15) is 0 Å². The average Bonchev–Trinajstić information content (AvgIpc) is 3.07. The van der Waals surface area contributed by atoms with Crippen molar-refractivity contribution >= 4 is 39.1 Å². The van der Waals surface area contributed by atoms with Gasteiger partial charge in [-0.05, 0) is 60.9 Å². The second kappa shape index (κ2) is 16.3. The Hall–Kier alpha value is -4.54. The van der Waals surface area contributed by atoms with Gasteiger partial charge >= 0.3 is 0 Å². The van der Waals surface area contributed by atoms with Crippen molar-refractivity contribution in [2.24, 2.45) is 0 Å². The number of halogens is 1. The first-order valence-electron chi connectivity index (χ1n) is 15.2. The Morgan fingerprint density at radius 3 is 2.21 bits per heavy atom. The largest absolute Gasteiger partial charge is 0.497 e. The van der Waals surface area contributed by atoms with E-state index in [1.165, 1.54) is 37.3 Å². The van der Waals surface area contributed by atoms with Crippen molar-refractivity contribution in [1.29, 1.82) is 0 Å². The smallest absolute Gasteiger partial charge is 0.264 e. The fraction of sp³-hybridized carbons (Fsp3) is 0.278.